The molecule has 1 aromatic rings. The molecule has 0 fully saturated rings. The second-order valence-electron chi connectivity index (χ2n) is 3.66. The Morgan fingerprint density at radius 1 is 1.23 bits per heavy atom. The summed E-state index contributed by atoms with van der Waals surface area (Å²) in [6.45, 7) is 4.71. The Bertz CT molecular complexity index is 258. The number of hydrogen-bond acceptors (Lipinski definition) is 0. The van der Waals surface area contributed by atoms with Gasteiger partial charge in [0.05, 0.1) is 0 Å². The quantitative estimate of drug-likeness (QED) is 0.526. The molecule has 71 valence electrons. The number of hydrogen-bond donors (Lipinski definition) is 0. The Balaban J connectivity index is 2.56. The van der Waals surface area contributed by atoms with Gasteiger partial charge in [0.25, 0.3) is 0 Å². The number of rotatable bonds is 4. The number of alkyl halides is 1. The van der Waals surface area contributed by atoms with E-state index in [1.54, 1.807) is 0 Å². The van der Waals surface area contributed by atoms with Crippen molar-refractivity contribution in [1.29, 1.82) is 0 Å². The van der Waals surface area contributed by atoms with Crippen molar-refractivity contribution in [3.8, 4) is 0 Å². The van der Waals surface area contributed by atoms with Gasteiger partial charge in [0.15, 0.2) is 0 Å². The van der Waals surface area contributed by atoms with E-state index in [1.165, 1.54) is 23.6 Å². The van der Waals surface area contributed by atoms with Crippen molar-refractivity contribution in [2.45, 2.75) is 31.4 Å². The molecule has 0 aromatic heterocycles. The van der Waals surface area contributed by atoms with Gasteiger partial charge in [-0.3, -0.25) is 0 Å². The molecular weight excluding hydrogens is 196 g/mol. The lowest BCUT2D eigenvalue weighted by atomic mass is 10.1. The van der Waals surface area contributed by atoms with Crippen molar-refractivity contribution in [3.05, 3.63) is 35.4 Å². The van der Waals surface area contributed by atoms with Gasteiger partial charge in [-0.05, 0) is 17.5 Å². The molecule has 1 aromatic carbocycles. The lowest BCUT2D eigenvalue weighted by Gasteiger charge is -2.04. The van der Waals surface area contributed by atoms with Gasteiger partial charge < -0.3 is 0 Å². The molecule has 0 amide bonds. The molecule has 0 saturated heterocycles. The highest BCUT2D eigenvalue weighted by atomic mass is 35.5. The van der Waals surface area contributed by atoms with Crippen LogP contribution in [0, 0.1) is 0 Å². The lowest BCUT2D eigenvalue weighted by Crippen LogP contribution is -2.01. The number of halogens is 1. The Labute approximate surface area is 87.5 Å². The maximum Gasteiger partial charge on any atom is 0.0474 e. The molecule has 0 saturated carbocycles. The van der Waals surface area contributed by atoms with E-state index in [0.29, 0.717) is 5.88 Å². The summed E-state index contributed by atoms with van der Waals surface area (Å²) < 4.78 is 0. The highest BCUT2D eigenvalue weighted by molar-refractivity contribution is 6.55. The van der Waals surface area contributed by atoms with Crippen LogP contribution in [-0.4, -0.2) is 8.80 Å². The minimum Gasteiger partial charge on any atom is -0.122 e. The third-order valence-electron chi connectivity index (χ3n) is 2.06. The first-order valence-corrected chi connectivity index (χ1v) is 7.89. The molecule has 0 heterocycles. The van der Waals surface area contributed by atoms with Crippen LogP contribution in [0.2, 0.25) is 19.1 Å². The summed E-state index contributed by atoms with van der Waals surface area (Å²) in [5, 5.41) is 0. The highest BCUT2D eigenvalue weighted by Gasteiger charge is 1.98. The molecular formula is C11H16ClSi. The SMILES string of the molecule is C[Si](C)CCc1cccc(CCl)c1. The van der Waals surface area contributed by atoms with E-state index in [0.717, 1.165) is 0 Å². The fourth-order valence-corrected chi connectivity index (χ4v) is 2.22. The normalized spacial score (nSPS) is 10.8. The predicted octanol–water partition coefficient (Wildman–Crippen LogP) is 3.72. The van der Waals surface area contributed by atoms with Gasteiger partial charge in [0.2, 0.25) is 0 Å². The van der Waals surface area contributed by atoms with Crippen molar-refractivity contribution in [2.24, 2.45) is 0 Å². The van der Waals surface area contributed by atoms with Gasteiger partial charge in [-0.15, -0.1) is 11.6 Å². The standard InChI is InChI=1S/C11H16ClSi/c1-13(2)7-6-10-4-3-5-11(8-10)9-12/h3-5,8H,6-7,9H2,1-2H3. The topological polar surface area (TPSA) is 0 Å². The third kappa shape index (κ3) is 3.97. The van der Waals surface area contributed by atoms with Gasteiger partial charge in [-0.2, -0.15) is 0 Å². The minimum absolute atomic E-state index is 0.0845. The van der Waals surface area contributed by atoms with Crippen molar-refractivity contribution in [2.75, 3.05) is 0 Å². The van der Waals surface area contributed by atoms with Crippen LogP contribution in [0.25, 0.3) is 0 Å². The molecule has 0 nitrogen and oxygen atoms in total. The molecule has 0 bridgehead atoms. The average Bonchev–Trinajstić information content (AvgIpc) is 2.15. The van der Waals surface area contributed by atoms with Gasteiger partial charge in [0.1, 0.15) is 0 Å². The van der Waals surface area contributed by atoms with E-state index in [4.69, 9.17) is 11.6 Å². The highest BCUT2D eigenvalue weighted by Crippen LogP contribution is 2.10. The zero-order valence-electron chi connectivity index (χ0n) is 8.31. The fourth-order valence-electron chi connectivity index (χ4n) is 1.26. The van der Waals surface area contributed by atoms with Crippen LogP contribution in [0.3, 0.4) is 0 Å². The van der Waals surface area contributed by atoms with Gasteiger partial charge in [-0.1, -0.05) is 43.4 Å². The van der Waals surface area contributed by atoms with Crippen LogP contribution in [0.5, 0.6) is 0 Å². The molecule has 0 N–H and O–H groups in total. The molecule has 13 heavy (non-hydrogen) atoms. The molecule has 1 radical (unpaired) electrons. The van der Waals surface area contributed by atoms with Gasteiger partial charge in [0, 0.05) is 14.7 Å². The summed E-state index contributed by atoms with van der Waals surface area (Å²) in [5.41, 5.74) is 2.67. The number of aryl methyl sites for hydroxylation is 1. The first-order chi connectivity index (χ1) is 6.22. The lowest BCUT2D eigenvalue weighted by molar-refractivity contribution is 1.10. The summed E-state index contributed by atoms with van der Waals surface area (Å²) in [6.07, 6.45) is 1.21. The predicted molar refractivity (Wildman–Crippen MR) is 62.0 cm³/mol. The Hall–Kier alpha value is -0.273. The molecule has 1 rings (SSSR count). The van der Waals surface area contributed by atoms with Crippen LogP contribution in [-0.2, 0) is 12.3 Å². The molecule has 0 atom stereocenters. The first kappa shape index (κ1) is 10.8. The van der Waals surface area contributed by atoms with Crippen LogP contribution < -0.4 is 0 Å². The Kier molecular flexibility index (Phi) is 4.53. The van der Waals surface area contributed by atoms with Crippen molar-refractivity contribution in [1.82, 2.24) is 0 Å². The summed E-state index contributed by atoms with van der Waals surface area (Å²) in [4.78, 5) is 0. The van der Waals surface area contributed by atoms with Crippen LogP contribution in [0.1, 0.15) is 11.1 Å². The molecule has 0 spiro atoms. The van der Waals surface area contributed by atoms with Crippen molar-refractivity contribution in [3.63, 3.8) is 0 Å². The van der Waals surface area contributed by atoms with Gasteiger partial charge >= 0.3 is 0 Å². The van der Waals surface area contributed by atoms with Crippen LogP contribution >= 0.6 is 11.6 Å². The van der Waals surface area contributed by atoms with Crippen LogP contribution in [0.15, 0.2) is 24.3 Å². The monoisotopic (exact) mass is 211 g/mol. The molecule has 0 unspecified atom stereocenters. The zero-order chi connectivity index (χ0) is 9.68. The van der Waals surface area contributed by atoms with E-state index in [9.17, 15) is 0 Å². The van der Waals surface area contributed by atoms with Gasteiger partial charge in [-0.25, -0.2) is 0 Å². The molecule has 0 aliphatic rings. The maximum absolute atomic E-state index is 5.77. The summed E-state index contributed by atoms with van der Waals surface area (Å²) >= 11 is 5.77. The molecule has 0 aliphatic heterocycles. The molecule has 2 heteroatoms. The van der Waals surface area contributed by atoms with E-state index in [-0.39, 0.29) is 8.80 Å². The minimum atomic E-state index is -0.0845. The van der Waals surface area contributed by atoms with E-state index in [2.05, 4.69) is 37.4 Å². The zero-order valence-corrected chi connectivity index (χ0v) is 10.1. The summed E-state index contributed by atoms with van der Waals surface area (Å²) in [7, 11) is -0.0845. The smallest absolute Gasteiger partial charge is 0.0474 e. The Morgan fingerprint density at radius 2 is 1.92 bits per heavy atom. The van der Waals surface area contributed by atoms with E-state index in [1.807, 2.05) is 0 Å². The summed E-state index contributed by atoms with van der Waals surface area (Å²) in [5.74, 6) is 0.629. The first-order valence-electron chi connectivity index (χ1n) is 4.65. The van der Waals surface area contributed by atoms with E-state index < -0.39 is 0 Å². The second kappa shape index (κ2) is 5.46. The largest absolute Gasteiger partial charge is 0.122 e. The third-order valence-corrected chi connectivity index (χ3v) is 3.62. The Morgan fingerprint density at radius 3 is 2.54 bits per heavy atom. The second-order valence-corrected chi connectivity index (χ2v) is 6.84. The number of benzene rings is 1. The summed E-state index contributed by atoms with van der Waals surface area (Å²) in [6, 6.07) is 9.96. The average molecular weight is 212 g/mol. The van der Waals surface area contributed by atoms with Crippen molar-refractivity contribution >= 4 is 20.4 Å². The van der Waals surface area contributed by atoms with Crippen LogP contribution in [0.4, 0.5) is 0 Å². The van der Waals surface area contributed by atoms with Crippen molar-refractivity contribution < 1.29 is 0 Å². The maximum atomic E-state index is 5.77. The van der Waals surface area contributed by atoms with E-state index >= 15 is 0 Å². The fraction of sp³-hybridized carbons (Fsp3) is 0.455. The molecule has 0 aliphatic carbocycles.